The molecule has 1 rings (SSSR count). The van der Waals surface area contributed by atoms with E-state index in [2.05, 4.69) is 24.3 Å². The first-order valence-corrected chi connectivity index (χ1v) is 5.57. The maximum atomic E-state index is 4.18. The molecule has 80 valence electrons. The van der Waals surface area contributed by atoms with E-state index >= 15 is 0 Å². The summed E-state index contributed by atoms with van der Waals surface area (Å²) < 4.78 is 2.00. The van der Waals surface area contributed by atoms with E-state index in [1.54, 1.807) is 0 Å². The van der Waals surface area contributed by atoms with Gasteiger partial charge in [-0.3, -0.25) is 4.68 Å². The lowest BCUT2D eigenvalue weighted by atomic mass is 10.1. The van der Waals surface area contributed by atoms with E-state index in [4.69, 9.17) is 0 Å². The second-order valence-electron chi connectivity index (χ2n) is 3.57. The number of aryl methyl sites for hydroxylation is 1. The van der Waals surface area contributed by atoms with Gasteiger partial charge in [0, 0.05) is 25.0 Å². The SMILES string of the molecule is CCNC(CC)CCCn1cccn1. The summed E-state index contributed by atoms with van der Waals surface area (Å²) in [6.45, 7) is 6.51. The van der Waals surface area contributed by atoms with Crippen molar-refractivity contribution in [2.75, 3.05) is 6.54 Å². The van der Waals surface area contributed by atoms with Gasteiger partial charge in [-0.05, 0) is 31.9 Å². The van der Waals surface area contributed by atoms with Crippen molar-refractivity contribution < 1.29 is 0 Å². The van der Waals surface area contributed by atoms with Crippen LogP contribution in [-0.4, -0.2) is 22.4 Å². The minimum Gasteiger partial charge on any atom is -0.314 e. The standard InChI is InChI=1S/C11H21N3/c1-3-11(12-4-2)7-5-9-14-10-6-8-13-14/h6,8,10-12H,3-5,7,9H2,1-2H3. The fourth-order valence-electron chi connectivity index (χ4n) is 1.67. The van der Waals surface area contributed by atoms with Gasteiger partial charge in [0.2, 0.25) is 0 Å². The second-order valence-corrected chi connectivity index (χ2v) is 3.57. The van der Waals surface area contributed by atoms with Gasteiger partial charge in [0.05, 0.1) is 0 Å². The van der Waals surface area contributed by atoms with Crippen molar-refractivity contribution >= 4 is 0 Å². The Hall–Kier alpha value is -0.830. The van der Waals surface area contributed by atoms with Crippen LogP contribution in [0.5, 0.6) is 0 Å². The molecule has 1 heterocycles. The van der Waals surface area contributed by atoms with Gasteiger partial charge in [-0.15, -0.1) is 0 Å². The van der Waals surface area contributed by atoms with Crippen LogP contribution < -0.4 is 5.32 Å². The van der Waals surface area contributed by atoms with E-state index in [9.17, 15) is 0 Å². The molecular formula is C11H21N3. The molecule has 0 radical (unpaired) electrons. The molecule has 0 amide bonds. The maximum Gasteiger partial charge on any atom is 0.0489 e. The molecule has 0 aliphatic rings. The zero-order valence-corrected chi connectivity index (χ0v) is 9.24. The minimum atomic E-state index is 0.676. The van der Waals surface area contributed by atoms with Crippen LogP contribution in [0.2, 0.25) is 0 Å². The van der Waals surface area contributed by atoms with Crippen molar-refractivity contribution in [1.82, 2.24) is 15.1 Å². The van der Waals surface area contributed by atoms with Crippen LogP contribution in [0.3, 0.4) is 0 Å². The predicted octanol–water partition coefficient (Wildman–Crippen LogP) is 2.05. The normalized spacial score (nSPS) is 13.0. The van der Waals surface area contributed by atoms with Gasteiger partial charge >= 0.3 is 0 Å². The third kappa shape index (κ3) is 3.92. The summed E-state index contributed by atoms with van der Waals surface area (Å²) in [5.74, 6) is 0. The highest BCUT2D eigenvalue weighted by atomic mass is 15.3. The van der Waals surface area contributed by atoms with Crippen molar-refractivity contribution in [2.45, 2.75) is 45.7 Å². The third-order valence-corrected chi connectivity index (χ3v) is 2.48. The lowest BCUT2D eigenvalue weighted by Gasteiger charge is -2.15. The molecule has 1 unspecified atom stereocenters. The second kappa shape index (κ2) is 6.60. The molecule has 0 aliphatic heterocycles. The summed E-state index contributed by atoms with van der Waals surface area (Å²) in [6, 6.07) is 2.65. The van der Waals surface area contributed by atoms with Crippen LogP contribution in [0.4, 0.5) is 0 Å². The van der Waals surface area contributed by atoms with Gasteiger partial charge < -0.3 is 5.32 Å². The average Bonchev–Trinajstić information content (AvgIpc) is 2.69. The van der Waals surface area contributed by atoms with Crippen LogP contribution in [0.15, 0.2) is 18.5 Å². The summed E-state index contributed by atoms with van der Waals surface area (Å²) in [7, 11) is 0. The minimum absolute atomic E-state index is 0.676. The first-order valence-electron chi connectivity index (χ1n) is 5.57. The molecule has 0 aromatic carbocycles. The molecule has 0 saturated carbocycles. The Morgan fingerprint density at radius 1 is 1.43 bits per heavy atom. The fourth-order valence-corrected chi connectivity index (χ4v) is 1.67. The molecule has 0 spiro atoms. The molecule has 1 N–H and O–H groups in total. The van der Waals surface area contributed by atoms with Gasteiger partial charge in [-0.2, -0.15) is 5.10 Å². The smallest absolute Gasteiger partial charge is 0.0489 e. The Morgan fingerprint density at radius 2 is 2.29 bits per heavy atom. The molecule has 14 heavy (non-hydrogen) atoms. The van der Waals surface area contributed by atoms with Crippen LogP contribution in [0.25, 0.3) is 0 Å². The lowest BCUT2D eigenvalue weighted by Crippen LogP contribution is -2.28. The molecule has 1 aromatic rings. The Kier molecular flexibility index (Phi) is 5.30. The maximum absolute atomic E-state index is 4.18. The molecule has 1 aromatic heterocycles. The molecule has 0 bridgehead atoms. The first kappa shape index (κ1) is 11.2. The quantitative estimate of drug-likeness (QED) is 0.721. The Labute approximate surface area is 86.5 Å². The highest BCUT2D eigenvalue weighted by Gasteiger charge is 2.03. The van der Waals surface area contributed by atoms with Crippen molar-refractivity contribution in [2.24, 2.45) is 0 Å². The Balaban J connectivity index is 2.13. The van der Waals surface area contributed by atoms with Crippen molar-refractivity contribution in [3.8, 4) is 0 Å². The van der Waals surface area contributed by atoms with Gasteiger partial charge in [-0.1, -0.05) is 13.8 Å². The molecule has 1 atom stereocenters. The predicted molar refractivity (Wildman–Crippen MR) is 59.2 cm³/mol. The lowest BCUT2D eigenvalue weighted by molar-refractivity contribution is 0.439. The van der Waals surface area contributed by atoms with Crippen LogP contribution in [0, 0.1) is 0 Å². The van der Waals surface area contributed by atoms with Gasteiger partial charge in [0.15, 0.2) is 0 Å². The van der Waals surface area contributed by atoms with Gasteiger partial charge in [0.25, 0.3) is 0 Å². The third-order valence-electron chi connectivity index (χ3n) is 2.48. The van der Waals surface area contributed by atoms with Crippen LogP contribution in [-0.2, 0) is 6.54 Å². The topological polar surface area (TPSA) is 29.9 Å². The van der Waals surface area contributed by atoms with Crippen LogP contribution >= 0.6 is 0 Å². The number of nitrogens with one attached hydrogen (secondary N) is 1. The zero-order chi connectivity index (χ0) is 10.2. The summed E-state index contributed by atoms with van der Waals surface area (Å²) in [4.78, 5) is 0. The number of aromatic nitrogens is 2. The molecule has 0 aliphatic carbocycles. The zero-order valence-electron chi connectivity index (χ0n) is 9.24. The molecule has 3 nitrogen and oxygen atoms in total. The average molecular weight is 195 g/mol. The summed E-state index contributed by atoms with van der Waals surface area (Å²) in [6.07, 6.45) is 7.51. The van der Waals surface area contributed by atoms with E-state index in [1.807, 2.05) is 23.1 Å². The van der Waals surface area contributed by atoms with E-state index in [-0.39, 0.29) is 0 Å². The van der Waals surface area contributed by atoms with Crippen LogP contribution in [0.1, 0.15) is 33.1 Å². The van der Waals surface area contributed by atoms with Gasteiger partial charge in [0.1, 0.15) is 0 Å². The van der Waals surface area contributed by atoms with E-state index in [1.165, 1.54) is 19.3 Å². The number of hydrogen-bond acceptors (Lipinski definition) is 2. The number of hydrogen-bond donors (Lipinski definition) is 1. The summed E-state index contributed by atoms with van der Waals surface area (Å²) in [5.41, 5.74) is 0. The molecule has 0 fully saturated rings. The fraction of sp³-hybridized carbons (Fsp3) is 0.727. The highest BCUT2D eigenvalue weighted by Crippen LogP contribution is 2.02. The Morgan fingerprint density at radius 3 is 2.86 bits per heavy atom. The van der Waals surface area contributed by atoms with E-state index in [0.29, 0.717) is 6.04 Å². The monoisotopic (exact) mass is 195 g/mol. The van der Waals surface area contributed by atoms with Crippen molar-refractivity contribution in [3.63, 3.8) is 0 Å². The molecular weight excluding hydrogens is 174 g/mol. The number of nitrogens with zero attached hydrogens (tertiary/aromatic N) is 2. The highest BCUT2D eigenvalue weighted by molar-refractivity contribution is 4.77. The first-order chi connectivity index (χ1) is 6.86. The van der Waals surface area contributed by atoms with Gasteiger partial charge in [-0.25, -0.2) is 0 Å². The van der Waals surface area contributed by atoms with E-state index in [0.717, 1.165) is 13.1 Å². The Bertz CT molecular complexity index is 218. The van der Waals surface area contributed by atoms with Crippen molar-refractivity contribution in [3.05, 3.63) is 18.5 Å². The molecule has 0 saturated heterocycles. The van der Waals surface area contributed by atoms with E-state index < -0.39 is 0 Å². The summed E-state index contributed by atoms with van der Waals surface area (Å²) in [5, 5.41) is 7.66. The molecule has 3 heteroatoms. The number of rotatable bonds is 7. The largest absolute Gasteiger partial charge is 0.314 e. The van der Waals surface area contributed by atoms with Crippen molar-refractivity contribution in [1.29, 1.82) is 0 Å². The summed E-state index contributed by atoms with van der Waals surface area (Å²) >= 11 is 0.